The first-order chi connectivity index (χ1) is 12.9. The van der Waals surface area contributed by atoms with Crippen LogP contribution in [0.5, 0.6) is 0 Å². The third-order valence-corrected chi connectivity index (χ3v) is 5.35. The highest BCUT2D eigenvalue weighted by atomic mass is 28.3. The number of hydrogen-bond acceptors (Lipinski definition) is 0. The van der Waals surface area contributed by atoms with Crippen LogP contribution in [0, 0.1) is 28.7 Å². The van der Waals surface area contributed by atoms with Crippen LogP contribution in [0.25, 0.3) is 0 Å². The standard InChI is InChI=1S/C27H34Si/c1-26(2,3)21-27(4,5)25-17-14-22(15-18-25)13-16-23-11-9-10-12-24(23)19-20-28(6,7)8/h9-12,14-15,17-18H,21H2,1-8H3. The lowest BCUT2D eigenvalue weighted by atomic mass is 9.72. The molecule has 146 valence electrons. The predicted octanol–water partition coefficient (Wildman–Crippen LogP) is 7.03. The van der Waals surface area contributed by atoms with Crippen LogP contribution in [0.15, 0.2) is 48.5 Å². The number of benzene rings is 2. The molecule has 0 amide bonds. The van der Waals surface area contributed by atoms with Gasteiger partial charge in [0.15, 0.2) is 0 Å². The Labute approximate surface area is 173 Å². The van der Waals surface area contributed by atoms with Gasteiger partial charge in [0.25, 0.3) is 0 Å². The Bertz CT molecular complexity index is 924. The minimum Gasteiger partial charge on any atom is -0.127 e. The molecule has 1 heteroatoms. The Hall–Kier alpha value is -2.22. The zero-order valence-corrected chi connectivity index (χ0v) is 19.8. The highest BCUT2D eigenvalue weighted by molar-refractivity contribution is 6.83. The summed E-state index contributed by atoms with van der Waals surface area (Å²) in [4.78, 5) is 0. The molecule has 0 aromatic heterocycles. The van der Waals surface area contributed by atoms with E-state index < -0.39 is 8.07 Å². The van der Waals surface area contributed by atoms with Gasteiger partial charge in [0.1, 0.15) is 8.07 Å². The van der Waals surface area contributed by atoms with Gasteiger partial charge in [-0.1, -0.05) is 96.3 Å². The van der Waals surface area contributed by atoms with Gasteiger partial charge in [0.2, 0.25) is 0 Å². The molecule has 0 nitrogen and oxygen atoms in total. The van der Waals surface area contributed by atoms with Crippen molar-refractivity contribution in [2.45, 2.75) is 66.1 Å². The van der Waals surface area contributed by atoms with Crippen molar-refractivity contribution in [3.05, 3.63) is 70.8 Å². The molecule has 0 radical (unpaired) electrons. The molecule has 0 spiro atoms. The molecule has 0 saturated carbocycles. The van der Waals surface area contributed by atoms with Gasteiger partial charge in [-0.25, -0.2) is 0 Å². The van der Waals surface area contributed by atoms with Crippen LogP contribution in [-0.4, -0.2) is 8.07 Å². The molecule has 0 saturated heterocycles. The number of hydrogen-bond donors (Lipinski definition) is 0. The first-order valence-electron chi connectivity index (χ1n) is 10.1. The maximum Gasteiger partial charge on any atom is 0.129 e. The molecule has 0 aliphatic rings. The molecule has 2 aromatic carbocycles. The Balaban J connectivity index is 2.26. The second-order valence-electron chi connectivity index (χ2n) is 10.5. The summed E-state index contributed by atoms with van der Waals surface area (Å²) in [5, 5.41) is 0. The normalized spacial score (nSPS) is 11.9. The van der Waals surface area contributed by atoms with E-state index >= 15 is 0 Å². The largest absolute Gasteiger partial charge is 0.129 e. The van der Waals surface area contributed by atoms with Crippen molar-refractivity contribution in [2.24, 2.45) is 5.41 Å². The topological polar surface area (TPSA) is 0 Å². The van der Waals surface area contributed by atoms with Crippen molar-refractivity contribution < 1.29 is 0 Å². The third kappa shape index (κ3) is 7.07. The Kier molecular flexibility index (Phi) is 6.64. The van der Waals surface area contributed by atoms with E-state index in [0.717, 1.165) is 23.1 Å². The van der Waals surface area contributed by atoms with E-state index in [9.17, 15) is 0 Å². The maximum atomic E-state index is 3.44. The van der Waals surface area contributed by atoms with Crippen LogP contribution in [0.2, 0.25) is 19.6 Å². The lowest BCUT2D eigenvalue weighted by molar-refractivity contribution is 0.284. The summed E-state index contributed by atoms with van der Waals surface area (Å²) in [5.41, 5.74) is 8.35. The van der Waals surface area contributed by atoms with E-state index in [1.165, 1.54) is 5.56 Å². The molecule has 0 atom stereocenters. The average molecular weight is 387 g/mol. The zero-order chi connectivity index (χ0) is 21.0. The molecule has 0 unspecified atom stereocenters. The molecular formula is C27H34Si. The fourth-order valence-corrected chi connectivity index (χ4v) is 4.04. The highest BCUT2D eigenvalue weighted by Gasteiger charge is 2.26. The SMILES string of the molecule is CC(C)(C)CC(C)(C)c1ccc(C#Cc2ccccc2C#C[Si](C)(C)C)cc1. The minimum atomic E-state index is -1.40. The first-order valence-corrected chi connectivity index (χ1v) is 13.6. The van der Waals surface area contributed by atoms with Crippen LogP contribution >= 0.6 is 0 Å². The van der Waals surface area contributed by atoms with Crippen LogP contribution in [0.3, 0.4) is 0 Å². The monoisotopic (exact) mass is 386 g/mol. The Morgan fingerprint density at radius 2 is 1.25 bits per heavy atom. The van der Waals surface area contributed by atoms with Crippen molar-refractivity contribution in [1.82, 2.24) is 0 Å². The summed E-state index contributed by atoms with van der Waals surface area (Å²) >= 11 is 0. The summed E-state index contributed by atoms with van der Waals surface area (Å²) < 4.78 is 0. The van der Waals surface area contributed by atoms with Crippen molar-refractivity contribution in [2.75, 3.05) is 0 Å². The quantitative estimate of drug-likeness (QED) is 0.384. The van der Waals surface area contributed by atoms with Gasteiger partial charge in [0, 0.05) is 16.7 Å². The van der Waals surface area contributed by atoms with E-state index in [1.54, 1.807) is 0 Å². The summed E-state index contributed by atoms with van der Waals surface area (Å²) in [6.07, 6.45) is 1.15. The fraction of sp³-hybridized carbons (Fsp3) is 0.407. The van der Waals surface area contributed by atoms with Crippen molar-refractivity contribution in [3.8, 4) is 23.3 Å². The lowest BCUT2D eigenvalue weighted by Crippen LogP contribution is -2.24. The molecule has 28 heavy (non-hydrogen) atoms. The van der Waals surface area contributed by atoms with Gasteiger partial charge >= 0.3 is 0 Å². The van der Waals surface area contributed by atoms with Crippen LogP contribution < -0.4 is 0 Å². The molecule has 2 rings (SSSR count). The molecule has 2 aromatic rings. The summed E-state index contributed by atoms with van der Waals surface area (Å²) in [6, 6.07) is 16.9. The average Bonchev–Trinajstić information content (AvgIpc) is 2.56. The van der Waals surface area contributed by atoms with Gasteiger partial charge in [0.05, 0.1) is 0 Å². The van der Waals surface area contributed by atoms with Crippen molar-refractivity contribution in [1.29, 1.82) is 0 Å². The Morgan fingerprint density at radius 3 is 1.75 bits per heavy atom. The van der Waals surface area contributed by atoms with Crippen LogP contribution in [0.4, 0.5) is 0 Å². The number of rotatable bonds is 2. The molecule has 0 aliphatic carbocycles. The van der Waals surface area contributed by atoms with Gasteiger partial charge < -0.3 is 0 Å². The zero-order valence-electron chi connectivity index (χ0n) is 18.8. The molecule has 0 aliphatic heterocycles. The summed E-state index contributed by atoms with van der Waals surface area (Å²) in [5.74, 6) is 9.99. The first kappa shape index (κ1) is 22.1. The van der Waals surface area contributed by atoms with E-state index in [-0.39, 0.29) is 5.41 Å². The van der Waals surface area contributed by atoms with Crippen molar-refractivity contribution >= 4 is 8.07 Å². The van der Waals surface area contributed by atoms with Crippen LogP contribution in [0.1, 0.15) is 63.3 Å². The third-order valence-electron chi connectivity index (χ3n) is 4.48. The van der Waals surface area contributed by atoms with Gasteiger partial charge in [-0.3, -0.25) is 0 Å². The smallest absolute Gasteiger partial charge is 0.127 e. The van der Waals surface area contributed by atoms with E-state index in [2.05, 4.69) is 114 Å². The minimum absolute atomic E-state index is 0.156. The van der Waals surface area contributed by atoms with E-state index in [4.69, 9.17) is 0 Å². The molecule has 0 heterocycles. The molecular weight excluding hydrogens is 352 g/mol. The second-order valence-corrected chi connectivity index (χ2v) is 15.2. The fourth-order valence-electron chi connectivity index (χ4n) is 3.53. The predicted molar refractivity (Wildman–Crippen MR) is 126 cm³/mol. The molecule has 0 fully saturated rings. The molecule has 0 bridgehead atoms. The van der Waals surface area contributed by atoms with E-state index in [1.807, 2.05) is 12.1 Å². The van der Waals surface area contributed by atoms with Gasteiger partial charge in [-0.05, 0) is 47.1 Å². The van der Waals surface area contributed by atoms with E-state index in [0.29, 0.717) is 5.41 Å². The summed E-state index contributed by atoms with van der Waals surface area (Å²) in [7, 11) is -1.40. The van der Waals surface area contributed by atoms with Gasteiger partial charge in [-0.15, -0.1) is 5.54 Å². The lowest BCUT2D eigenvalue weighted by Gasteiger charge is -2.33. The van der Waals surface area contributed by atoms with Crippen molar-refractivity contribution in [3.63, 3.8) is 0 Å². The molecule has 0 N–H and O–H groups in total. The van der Waals surface area contributed by atoms with Crippen LogP contribution in [-0.2, 0) is 5.41 Å². The maximum absolute atomic E-state index is 3.44. The Morgan fingerprint density at radius 1 is 0.714 bits per heavy atom. The highest BCUT2D eigenvalue weighted by Crippen LogP contribution is 2.36. The van der Waals surface area contributed by atoms with Gasteiger partial charge in [-0.2, -0.15) is 0 Å². The summed E-state index contributed by atoms with van der Waals surface area (Å²) in [6.45, 7) is 18.3. The second kappa shape index (κ2) is 8.42.